The van der Waals surface area contributed by atoms with Crippen molar-refractivity contribution in [3.8, 4) is 0 Å². The molecule has 0 spiro atoms. The van der Waals surface area contributed by atoms with Crippen LogP contribution in [0.15, 0.2) is 60.8 Å². The summed E-state index contributed by atoms with van der Waals surface area (Å²) >= 11 is 2.86. The Kier molecular flexibility index (Phi) is 51.9. The van der Waals surface area contributed by atoms with Crippen molar-refractivity contribution in [2.75, 3.05) is 93.8 Å². The predicted molar refractivity (Wildman–Crippen MR) is 560 cm³/mol. The van der Waals surface area contributed by atoms with Gasteiger partial charge < -0.3 is 160 Å². The summed E-state index contributed by atoms with van der Waals surface area (Å²) < 4.78 is 0. The number of hydrogen-bond donors (Lipinski definition) is 31. The Morgan fingerprint density at radius 1 is 0.477 bits per heavy atom. The average molecular weight is 2140 g/mol. The molecule has 4 aliphatic heterocycles. The van der Waals surface area contributed by atoms with E-state index in [0.29, 0.717) is 28.5 Å². The van der Waals surface area contributed by atoms with E-state index >= 15 is 67.1 Å². The number of amides is 17. The average Bonchev–Trinajstić information content (AvgIpc) is 1.37. The zero-order chi connectivity index (χ0) is 109. The highest BCUT2D eigenvalue weighted by molar-refractivity contribution is 7.99. The van der Waals surface area contributed by atoms with Crippen molar-refractivity contribution in [3.05, 3.63) is 71.9 Å². The van der Waals surface area contributed by atoms with Gasteiger partial charge in [-0.1, -0.05) is 82.1 Å². The second kappa shape index (κ2) is 63.5. The second-order valence-corrected chi connectivity index (χ2v) is 40.5. The minimum atomic E-state index is -1.77. The Morgan fingerprint density at radius 3 is 1.42 bits per heavy atom. The maximum absolute atomic E-state index is 15.5. The van der Waals surface area contributed by atoms with Crippen molar-refractivity contribution < 1.29 is 91.4 Å². The van der Waals surface area contributed by atoms with Gasteiger partial charge in [-0.2, -0.15) is 35.3 Å². The van der Waals surface area contributed by atoms with Crippen molar-refractivity contribution in [2.24, 2.45) is 46.1 Å². The molecule has 0 aliphatic carbocycles. The third-order valence-corrected chi connectivity index (χ3v) is 27.8. The second-order valence-electron chi connectivity index (χ2n) is 37.0. The van der Waals surface area contributed by atoms with Crippen LogP contribution < -0.4 is 131 Å². The first-order valence-electron chi connectivity index (χ1n) is 49.8. The molecule has 7 rings (SSSR count). The van der Waals surface area contributed by atoms with Gasteiger partial charge in [-0.15, -0.1) is 0 Å². The van der Waals surface area contributed by atoms with E-state index in [1.807, 2.05) is 0 Å². The third kappa shape index (κ3) is 42.9. The molecule has 4 fully saturated rings. The molecule has 0 radical (unpaired) electrons. The smallest absolute Gasteiger partial charge is 0.326 e. The van der Waals surface area contributed by atoms with Crippen LogP contribution in [-0.2, 0) is 99.1 Å². The van der Waals surface area contributed by atoms with Crippen LogP contribution in [0.25, 0.3) is 10.9 Å². The van der Waals surface area contributed by atoms with Crippen molar-refractivity contribution in [2.45, 2.75) is 253 Å². The predicted octanol–water partition coefficient (Wildman–Crippen LogP) is -6.24. The number of aromatic nitrogens is 1. The van der Waals surface area contributed by atoms with Gasteiger partial charge in [0.15, 0.2) is 29.8 Å². The molecule has 2 aromatic carbocycles. The van der Waals surface area contributed by atoms with Gasteiger partial charge in [-0.25, -0.2) is 4.79 Å². The Labute approximate surface area is 875 Å². The van der Waals surface area contributed by atoms with Crippen LogP contribution in [-0.4, -0.2) is 344 Å². The normalized spacial score (nSPS) is 22.3. The van der Waals surface area contributed by atoms with Crippen LogP contribution in [0.1, 0.15) is 167 Å². The fourth-order valence-corrected chi connectivity index (χ4v) is 19.5. The maximum Gasteiger partial charge on any atom is 0.326 e. The van der Waals surface area contributed by atoms with Crippen molar-refractivity contribution >= 4 is 182 Å². The SMILES string of the molecule is CCCC[C@@H]1NC(=O)[C@H](CCC(N)=O)NC(=O)[C@H](CCCNC(=N)N)NC(=O)[C@@H]2CSCCC(=O)N3CN(CN(C3)C(=O)CCSC[C@H](NC(=O)[C@@H](N)CCCNC(=N)N)C(=O)N[C@@H](Cc3ccccc3)C(=O)N[C@@H](CCCNC(=N)N)C(=O)N[C@@H](CC(C)C)C(=O)N3CCC[C@H]3C(=O)N2)C(=O)CCSC[C@@H](C(=O)N[C@@H](CCCNC(=N)N)C(=O)N[C@@H](Cc2c[nH]c3ccccc23)C(=O)O)NC(=O)[C@H](CCCNC(=N)N)NC1=O. The lowest BCUT2D eigenvalue weighted by atomic mass is 10.0. The number of nitrogens with one attached hydrogen (secondary N) is 23. The molecule has 56 heteroatoms. The van der Waals surface area contributed by atoms with Gasteiger partial charge in [0, 0.05) is 129 Å². The molecule has 149 heavy (non-hydrogen) atoms. The number of guanidine groups is 5. The van der Waals surface area contributed by atoms with Gasteiger partial charge in [0.2, 0.25) is 100 Å². The highest BCUT2D eigenvalue weighted by Gasteiger charge is 2.44. The molecule has 0 saturated carbocycles. The number of nitrogens with zero attached hydrogens (tertiary/aromatic N) is 4. The van der Waals surface area contributed by atoms with E-state index in [0.717, 1.165) is 35.3 Å². The van der Waals surface area contributed by atoms with Gasteiger partial charge in [0.1, 0.15) is 78.5 Å². The van der Waals surface area contributed by atoms with Gasteiger partial charge in [-0.05, 0) is 119 Å². The van der Waals surface area contributed by atoms with Crippen LogP contribution in [0.5, 0.6) is 0 Å². The molecule has 822 valence electrons. The Morgan fingerprint density at radius 2 is 0.919 bits per heavy atom. The fourth-order valence-electron chi connectivity index (χ4n) is 16.7. The first kappa shape index (κ1) is 122. The molecule has 5 heterocycles. The number of hydrogen-bond acceptors (Lipinski definition) is 27. The van der Waals surface area contributed by atoms with E-state index in [-0.39, 0.29) is 190 Å². The summed E-state index contributed by atoms with van der Waals surface area (Å²) in [4.78, 5) is 276. The first-order chi connectivity index (χ1) is 71.0. The molecule has 0 unspecified atom stereocenters. The molecular formula is C93H148N34O19S3. The molecule has 4 bridgehead atoms. The summed E-state index contributed by atoms with van der Waals surface area (Å²) in [6.07, 6.45) is -1.38. The summed E-state index contributed by atoms with van der Waals surface area (Å²) in [6, 6.07) is -6.55. The lowest BCUT2D eigenvalue weighted by Gasteiger charge is -2.42. The van der Waals surface area contributed by atoms with E-state index < -0.39 is 272 Å². The molecule has 1 aromatic heterocycles. The number of H-pyrrole nitrogens is 1. The molecule has 38 N–H and O–H groups in total. The minimum absolute atomic E-state index is 0.00887. The summed E-state index contributed by atoms with van der Waals surface area (Å²) in [7, 11) is 0. The fraction of sp³-hybridized carbons (Fsp3) is 0.602. The quantitative estimate of drug-likeness (QED) is 0.0144. The van der Waals surface area contributed by atoms with E-state index in [4.69, 9.17) is 67.2 Å². The monoisotopic (exact) mass is 2140 g/mol. The molecule has 53 nitrogen and oxygen atoms in total. The molecule has 4 saturated heterocycles. The van der Waals surface area contributed by atoms with E-state index in [2.05, 4.69) is 95.4 Å². The number of thioether (sulfide) groups is 3. The van der Waals surface area contributed by atoms with E-state index in [9.17, 15) is 24.3 Å². The lowest BCUT2D eigenvalue weighted by Crippen LogP contribution is -2.61. The molecule has 4 aliphatic rings. The minimum Gasteiger partial charge on any atom is -0.480 e. The third-order valence-electron chi connectivity index (χ3n) is 24.6. The summed E-state index contributed by atoms with van der Waals surface area (Å²) in [5.41, 5.74) is 41.9. The van der Waals surface area contributed by atoms with Gasteiger partial charge >= 0.3 is 5.97 Å². The number of unbranched alkanes of at least 4 members (excludes halogenated alkanes) is 1. The number of carbonyl (C=O) groups is 18. The van der Waals surface area contributed by atoms with Gasteiger partial charge in [-0.3, -0.25) is 109 Å². The van der Waals surface area contributed by atoms with Crippen LogP contribution in [0.3, 0.4) is 0 Å². The van der Waals surface area contributed by atoms with E-state index in [1.54, 1.807) is 81.6 Å². The topological polar surface area (TPSA) is 862 Å². The summed E-state index contributed by atoms with van der Waals surface area (Å²) in [6.45, 7) is 3.82. The zero-order valence-corrected chi connectivity index (χ0v) is 86.6. The first-order valence-corrected chi connectivity index (χ1v) is 53.2. The summed E-state index contributed by atoms with van der Waals surface area (Å²) in [5, 5.41) is 95.8. The van der Waals surface area contributed by atoms with Gasteiger partial charge in [0.05, 0.1) is 26.0 Å². The molecule has 17 amide bonds. The lowest BCUT2D eigenvalue weighted by molar-refractivity contribution is -0.158. The van der Waals surface area contributed by atoms with Crippen molar-refractivity contribution in [1.29, 1.82) is 27.0 Å². The molecular weight excluding hydrogens is 1990 g/mol. The van der Waals surface area contributed by atoms with Crippen molar-refractivity contribution in [3.63, 3.8) is 0 Å². The zero-order valence-electron chi connectivity index (χ0n) is 84.2. The molecule has 3 aromatic rings. The van der Waals surface area contributed by atoms with Crippen LogP contribution in [0.2, 0.25) is 0 Å². The number of aliphatic carboxylic acids is 1. The number of carboxylic acids is 1. The Balaban J connectivity index is 1.38. The number of carboxylic acid groups (broad SMARTS) is 1. The standard InChI is InChI=1S/C93H148N34O19S3/c1-4-5-21-58-76(133)113-62(26-15-37-110-93(104)105)80(137)122-68(83(140)116-61(25-14-36-109-92(102)103)79(136)120-66(88(145)146)44-54-45-111-57-22-10-9-19-55(54)57)47-148-40-31-73(130)125-49-124-50-126(51-125)74(131)32-41-149-48-69(84(141)115-59(23-12-34-107-90(98)99)77(134)117-63(81(138)112-58)28-29-71(95)128)123-86(143)70-27-16-38-127(70)87(144)65(42-52(2)3)119-78(135)60(24-13-35-108-91(100)101)114-82(139)64(43-53-17-7-6-8-18-53)118-85(142)67(46-147-39-30-72(124)129)121-75(132)56(94)20-11-33-106-89(96)97/h6-10,17-19,22,45,52,56,58-70,111H,4-5,11-16,20-21,23-44,46-51,94H2,1-3H3,(H2,95,128)(H,112,138)(H,113,133)(H,114,139)(H,115,141)(H,116,140)(H,117,134)(H,118,142)(H,119,135)(H,120,136)(H,121,132)(H,122,137)(H,123,143)(H,145,146)(H4,96,97,106)(H4,98,99,107)(H4,100,101,108)(H4,102,103,109)(H4,104,105,110)/t56-,58-,59-,60-,61-,62-,63-,64-,65-,66-,67-,68-,69-,70-/m0/s1. The largest absolute Gasteiger partial charge is 0.480 e. The Bertz CT molecular complexity index is 5140. The number of primary amides is 1. The number of rotatable bonds is 39. The number of benzene rings is 2. The summed E-state index contributed by atoms with van der Waals surface area (Å²) in [5.74, 6) is -21.2. The van der Waals surface area contributed by atoms with Crippen LogP contribution in [0.4, 0.5) is 0 Å². The number of fused-ring (bicyclic) bond motifs is 9. The van der Waals surface area contributed by atoms with Crippen LogP contribution in [0, 0.1) is 33.0 Å². The van der Waals surface area contributed by atoms with Gasteiger partial charge in [0.25, 0.3) is 0 Å². The molecule has 14 atom stereocenters. The van der Waals surface area contributed by atoms with E-state index in [1.165, 1.54) is 19.6 Å². The highest BCUT2D eigenvalue weighted by Crippen LogP contribution is 2.26. The number of aromatic amines is 1. The number of para-hydroxylation sites is 1. The highest BCUT2D eigenvalue weighted by atomic mass is 32.2. The number of carbonyl (C=O) groups excluding carboxylic acids is 17. The maximum atomic E-state index is 15.5. The van der Waals surface area contributed by atoms with Crippen molar-refractivity contribution in [1.82, 2.24) is 115 Å². The Hall–Kier alpha value is -14.2. The van der Waals surface area contributed by atoms with Crippen LogP contribution >= 0.6 is 35.3 Å². The number of nitrogens with two attached hydrogens (primary N) is 7.